The quantitative estimate of drug-likeness (QED) is 0.626. The molecule has 2 aromatic heterocycles. The van der Waals surface area contributed by atoms with Crippen molar-refractivity contribution < 1.29 is 9.32 Å². The number of rotatable bonds is 4. The summed E-state index contributed by atoms with van der Waals surface area (Å²) in [5.41, 5.74) is 1.25. The van der Waals surface area contributed by atoms with Crippen molar-refractivity contribution in [3.05, 3.63) is 54.2 Å². The van der Waals surface area contributed by atoms with Gasteiger partial charge in [0.2, 0.25) is 0 Å². The van der Waals surface area contributed by atoms with Gasteiger partial charge in [0.05, 0.1) is 0 Å². The predicted molar refractivity (Wildman–Crippen MR) is 123 cm³/mol. The lowest BCUT2D eigenvalue weighted by atomic mass is 9.99. The van der Waals surface area contributed by atoms with Crippen LogP contribution in [0.4, 0.5) is 11.6 Å². The first-order valence-corrected chi connectivity index (χ1v) is 11.3. The van der Waals surface area contributed by atoms with Gasteiger partial charge < -0.3 is 19.2 Å². The summed E-state index contributed by atoms with van der Waals surface area (Å²) in [6.07, 6.45) is 2.41. The molecule has 0 bridgehead atoms. The van der Waals surface area contributed by atoms with Crippen molar-refractivity contribution in [1.82, 2.24) is 20.3 Å². The summed E-state index contributed by atoms with van der Waals surface area (Å²) in [5.74, 6) is 3.11. The molecule has 32 heavy (non-hydrogen) atoms. The number of anilines is 2. The highest BCUT2D eigenvalue weighted by atomic mass is 16.5. The predicted octanol–water partition coefficient (Wildman–Crippen LogP) is 3.33. The highest BCUT2D eigenvalue weighted by Gasteiger charge is 2.26. The lowest BCUT2D eigenvalue weighted by molar-refractivity contribution is 0.0736. The number of hydrogen-bond acceptors (Lipinski definition) is 7. The van der Waals surface area contributed by atoms with Crippen LogP contribution in [0.5, 0.6) is 0 Å². The molecule has 1 aromatic carbocycles. The van der Waals surface area contributed by atoms with E-state index in [2.05, 4.69) is 38.1 Å². The van der Waals surface area contributed by atoms with Crippen LogP contribution in [-0.2, 0) is 0 Å². The van der Waals surface area contributed by atoms with Crippen LogP contribution in [0.3, 0.4) is 0 Å². The molecule has 8 nitrogen and oxygen atoms in total. The zero-order chi connectivity index (χ0) is 21.9. The average Bonchev–Trinajstić information content (AvgIpc) is 3.35. The van der Waals surface area contributed by atoms with Gasteiger partial charge in [-0.15, -0.1) is 10.2 Å². The number of nitrogens with zero attached hydrogens (tertiary/aromatic N) is 6. The van der Waals surface area contributed by atoms with Gasteiger partial charge in [0.25, 0.3) is 5.91 Å². The Hall–Kier alpha value is -3.42. The molecule has 0 aliphatic carbocycles. The van der Waals surface area contributed by atoms with Gasteiger partial charge in [0.15, 0.2) is 23.1 Å². The standard InChI is InChI=1S/C24H28N6O2/c1-18-9-11-28(12-10-18)22-7-8-23(26-25-22)29-13-15-30(16-14-29)24(31)20-17-21(32-27-20)19-5-3-2-4-6-19/h2-8,17-18H,9-16H2,1H3. The van der Waals surface area contributed by atoms with Crippen LogP contribution in [0.1, 0.15) is 30.3 Å². The van der Waals surface area contributed by atoms with Gasteiger partial charge >= 0.3 is 0 Å². The van der Waals surface area contributed by atoms with Crippen LogP contribution in [0.25, 0.3) is 11.3 Å². The topological polar surface area (TPSA) is 78.6 Å². The number of benzene rings is 1. The van der Waals surface area contributed by atoms with Crippen molar-refractivity contribution in [2.45, 2.75) is 19.8 Å². The molecular formula is C24H28N6O2. The lowest BCUT2D eigenvalue weighted by Gasteiger charge is -2.35. The molecule has 0 radical (unpaired) electrons. The summed E-state index contributed by atoms with van der Waals surface area (Å²) in [6, 6.07) is 15.5. The van der Waals surface area contributed by atoms with Crippen molar-refractivity contribution in [2.24, 2.45) is 5.92 Å². The second-order valence-electron chi connectivity index (χ2n) is 8.64. The van der Waals surface area contributed by atoms with E-state index in [9.17, 15) is 4.79 Å². The molecule has 2 fully saturated rings. The summed E-state index contributed by atoms with van der Waals surface area (Å²) in [7, 11) is 0. The Kier molecular flexibility index (Phi) is 5.75. The summed E-state index contributed by atoms with van der Waals surface area (Å²) in [4.78, 5) is 19.2. The molecular weight excluding hydrogens is 404 g/mol. The molecule has 3 aromatic rings. The first-order chi connectivity index (χ1) is 15.7. The minimum absolute atomic E-state index is 0.101. The highest BCUT2D eigenvalue weighted by Crippen LogP contribution is 2.23. The van der Waals surface area contributed by atoms with E-state index < -0.39 is 0 Å². The number of amides is 1. The lowest BCUT2D eigenvalue weighted by Crippen LogP contribution is -2.49. The third-order valence-electron chi connectivity index (χ3n) is 6.42. The summed E-state index contributed by atoms with van der Waals surface area (Å²) in [6.45, 7) is 7.05. The molecule has 8 heteroatoms. The first-order valence-electron chi connectivity index (χ1n) is 11.3. The fourth-order valence-corrected chi connectivity index (χ4v) is 4.31. The fraction of sp³-hybridized carbons (Fsp3) is 0.417. The molecule has 0 N–H and O–H groups in total. The van der Waals surface area contributed by atoms with E-state index >= 15 is 0 Å². The molecule has 0 saturated carbocycles. The maximum Gasteiger partial charge on any atom is 0.276 e. The third-order valence-corrected chi connectivity index (χ3v) is 6.42. The Morgan fingerprint density at radius 2 is 1.50 bits per heavy atom. The zero-order valence-corrected chi connectivity index (χ0v) is 18.4. The summed E-state index contributed by atoms with van der Waals surface area (Å²) >= 11 is 0. The van der Waals surface area contributed by atoms with E-state index in [-0.39, 0.29) is 5.91 Å². The van der Waals surface area contributed by atoms with Gasteiger partial charge in [-0.25, -0.2) is 0 Å². The monoisotopic (exact) mass is 432 g/mol. The van der Waals surface area contributed by atoms with Crippen LogP contribution in [0, 0.1) is 5.92 Å². The van der Waals surface area contributed by atoms with Crippen molar-refractivity contribution in [3.63, 3.8) is 0 Å². The van der Waals surface area contributed by atoms with E-state index in [1.165, 1.54) is 12.8 Å². The number of aromatic nitrogens is 3. The molecule has 2 aliphatic rings. The van der Waals surface area contributed by atoms with E-state index in [1.807, 2.05) is 41.3 Å². The Morgan fingerprint density at radius 3 is 2.12 bits per heavy atom. The van der Waals surface area contributed by atoms with Gasteiger partial charge in [-0.1, -0.05) is 42.4 Å². The Labute approximate surface area is 187 Å². The minimum atomic E-state index is -0.101. The third kappa shape index (κ3) is 4.30. The Balaban J connectivity index is 1.17. The average molecular weight is 433 g/mol. The second-order valence-corrected chi connectivity index (χ2v) is 8.64. The molecule has 5 rings (SSSR count). The maximum atomic E-state index is 12.9. The normalized spacial score (nSPS) is 17.6. The molecule has 2 saturated heterocycles. The van der Waals surface area contributed by atoms with Crippen molar-refractivity contribution >= 4 is 17.5 Å². The van der Waals surface area contributed by atoms with E-state index in [4.69, 9.17) is 4.52 Å². The number of piperazine rings is 1. The maximum absolute atomic E-state index is 12.9. The Bertz CT molecular complexity index is 1040. The van der Waals surface area contributed by atoms with Gasteiger partial charge in [-0.2, -0.15) is 0 Å². The molecule has 0 atom stereocenters. The molecule has 166 valence electrons. The van der Waals surface area contributed by atoms with Gasteiger partial charge in [-0.3, -0.25) is 4.79 Å². The molecule has 1 amide bonds. The second kappa shape index (κ2) is 8.98. The number of carbonyl (C=O) groups is 1. The summed E-state index contributed by atoms with van der Waals surface area (Å²) < 4.78 is 5.39. The first kappa shape index (κ1) is 20.5. The van der Waals surface area contributed by atoms with E-state index in [1.54, 1.807) is 6.07 Å². The SMILES string of the molecule is CC1CCN(c2ccc(N3CCN(C(=O)c4cc(-c5ccccc5)on4)CC3)nn2)CC1. The van der Waals surface area contributed by atoms with Crippen molar-refractivity contribution in [1.29, 1.82) is 0 Å². The van der Waals surface area contributed by atoms with Crippen LogP contribution in [0.15, 0.2) is 53.1 Å². The van der Waals surface area contributed by atoms with E-state index in [0.29, 0.717) is 37.6 Å². The van der Waals surface area contributed by atoms with Gasteiger partial charge in [0.1, 0.15) is 0 Å². The Morgan fingerprint density at radius 1 is 0.875 bits per heavy atom. The summed E-state index contributed by atoms with van der Waals surface area (Å²) in [5, 5.41) is 12.9. The highest BCUT2D eigenvalue weighted by molar-refractivity contribution is 5.93. The van der Waals surface area contributed by atoms with Crippen molar-refractivity contribution in [2.75, 3.05) is 49.1 Å². The zero-order valence-electron chi connectivity index (χ0n) is 18.4. The van der Waals surface area contributed by atoms with Crippen molar-refractivity contribution in [3.8, 4) is 11.3 Å². The van der Waals surface area contributed by atoms with Crippen LogP contribution >= 0.6 is 0 Å². The number of carbonyl (C=O) groups excluding carboxylic acids is 1. The molecule has 0 spiro atoms. The minimum Gasteiger partial charge on any atom is -0.355 e. The van der Waals surface area contributed by atoms with E-state index in [0.717, 1.165) is 36.2 Å². The van der Waals surface area contributed by atoms with Crippen LogP contribution in [-0.4, -0.2) is 65.4 Å². The van der Waals surface area contributed by atoms with Gasteiger partial charge in [0, 0.05) is 50.9 Å². The molecule has 0 unspecified atom stereocenters. The molecule has 4 heterocycles. The number of hydrogen-bond donors (Lipinski definition) is 0. The van der Waals surface area contributed by atoms with Crippen LogP contribution in [0.2, 0.25) is 0 Å². The fourth-order valence-electron chi connectivity index (χ4n) is 4.31. The molecule has 2 aliphatic heterocycles. The van der Waals surface area contributed by atoms with Gasteiger partial charge in [-0.05, 0) is 30.9 Å². The largest absolute Gasteiger partial charge is 0.355 e. The smallest absolute Gasteiger partial charge is 0.276 e. The van der Waals surface area contributed by atoms with Crippen LogP contribution < -0.4 is 9.80 Å². The number of piperidine rings is 1.